The van der Waals surface area contributed by atoms with Crippen LogP contribution in [-0.2, 0) is 4.79 Å². The van der Waals surface area contributed by atoms with Crippen molar-refractivity contribution in [2.45, 2.75) is 11.3 Å². The Labute approximate surface area is 127 Å². The first-order chi connectivity index (χ1) is 10.4. The monoisotopic (exact) mass is 332 g/mol. The van der Waals surface area contributed by atoms with Crippen molar-refractivity contribution in [3.63, 3.8) is 0 Å². The van der Waals surface area contributed by atoms with E-state index in [2.05, 4.69) is 15.2 Å². The van der Waals surface area contributed by atoms with Crippen LogP contribution in [0, 0.1) is 0 Å². The Morgan fingerprint density at radius 2 is 2.27 bits per heavy atom. The van der Waals surface area contributed by atoms with E-state index in [0.717, 1.165) is 11.8 Å². The molecule has 0 unspecified atom stereocenters. The molecule has 2 heterocycles. The van der Waals surface area contributed by atoms with Gasteiger partial charge in [-0.2, -0.15) is 13.2 Å². The summed E-state index contributed by atoms with van der Waals surface area (Å²) >= 11 is 0.933. The van der Waals surface area contributed by atoms with E-state index in [1.54, 1.807) is 29.6 Å². The number of hydrogen-bond acceptors (Lipinski definition) is 5. The lowest BCUT2D eigenvalue weighted by Crippen LogP contribution is -2.34. The number of amides is 1. The third-order valence-electron chi connectivity index (χ3n) is 2.25. The van der Waals surface area contributed by atoms with Crippen LogP contribution in [0.25, 0.3) is 12.2 Å². The van der Waals surface area contributed by atoms with Crippen LogP contribution in [0.4, 0.5) is 13.2 Å². The first-order valence-electron chi connectivity index (χ1n) is 6.02. The van der Waals surface area contributed by atoms with Crippen molar-refractivity contribution in [1.82, 2.24) is 20.5 Å². The Hall–Kier alpha value is -2.23. The number of halogens is 3. The van der Waals surface area contributed by atoms with E-state index < -0.39 is 18.6 Å². The van der Waals surface area contributed by atoms with E-state index >= 15 is 0 Å². The van der Waals surface area contributed by atoms with Crippen LogP contribution >= 0.6 is 11.8 Å². The van der Waals surface area contributed by atoms with Gasteiger partial charge in [0, 0.05) is 0 Å². The average Bonchev–Trinajstić information content (AvgIpc) is 3.11. The maximum atomic E-state index is 11.9. The van der Waals surface area contributed by atoms with Crippen LogP contribution in [0.15, 0.2) is 28.0 Å². The number of carbonyl (C=O) groups excluding carboxylic acids is 1. The molecule has 0 aliphatic carbocycles. The fraction of sp³-hybridized carbons (Fsp3) is 0.250. The highest BCUT2D eigenvalue weighted by Gasteiger charge is 2.27. The Balaban J connectivity index is 1.78. The SMILES string of the molecule is O=C(CSc1n[nH]c(C=Cc2ccco2)n1)NCC(F)(F)F. The molecular weight excluding hydrogens is 321 g/mol. The molecule has 0 saturated carbocycles. The lowest BCUT2D eigenvalue weighted by Gasteiger charge is -2.07. The maximum absolute atomic E-state index is 11.9. The molecule has 0 spiro atoms. The zero-order valence-electron chi connectivity index (χ0n) is 11.1. The van der Waals surface area contributed by atoms with Crippen molar-refractivity contribution in [2.24, 2.45) is 0 Å². The van der Waals surface area contributed by atoms with Gasteiger partial charge >= 0.3 is 6.18 Å². The van der Waals surface area contributed by atoms with Gasteiger partial charge in [0.1, 0.15) is 18.1 Å². The van der Waals surface area contributed by atoms with Crippen LogP contribution in [0.2, 0.25) is 0 Å². The molecular formula is C12H11F3N4O2S. The quantitative estimate of drug-likeness (QED) is 0.793. The van der Waals surface area contributed by atoms with Crippen LogP contribution in [0.1, 0.15) is 11.6 Å². The van der Waals surface area contributed by atoms with Crippen molar-refractivity contribution in [2.75, 3.05) is 12.3 Å². The Morgan fingerprint density at radius 3 is 2.95 bits per heavy atom. The molecule has 2 N–H and O–H groups in total. The second-order valence-electron chi connectivity index (χ2n) is 4.03. The second kappa shape index (κ2) is 7.16. The van der Waals surface area contributed by atoms with Crippen molar-refractivity contribution in [1.29, 1.82) is 0 Å². The van der Waals surface area contributed by atoms with Crippen molar-refractivity contribution in [3.05, 3.63) is 30.0 Å². The summed E-state index contributed by atoms with van der Waals surface area (Å²) in [5.41, 5.74) is 0. The third-order valence-corrected chi connectivity index (χ3v) is 3.10. The molecule has 2 aromatic heterocycles. The van der Waals surface area contributed by atoms with Gasteiger partial charge in [-0.25, -0.2) is 4.98 Å². The fourth-order valence-electron chi connectivity index (χ4n) is 1.32. The minimum Gasteiger partial charge on any atom is -0.465 e. The summed E-state index contributed by atoms with van der Waals surface area (Å²) in [7, 11) is 0. The van der Waals surface area contributed by atoms with Gasteiger partial charge in [-0.15, -0.1) is 5.10 Å². The number of alkyl halides is 3. The third kappa shape index (κ3) is 5.64. The zero-order chi connectivity index (χ0) is 16.0. The summed E-state index contributed by atoms with van der Waals surface area (Å²) in [5.74, 6) is 0.140. The van der Waals surface area contributed by atoms with E-state index in [-0.39, 0.29) is 10.9 Å². The minimum atomic E-state index is -4.42. The number of thioether (sulfide) groups is 1. The smallest absolute Gasteiger partial charge is 0.405 e. The molecule has 0 bridgehead atoms. The zero-order valence-corrected chi connectivity index (χ0v) is 11.9. The van der Waals surface area contributed by atoms with Crippen LogP contribution in [0.3, 0.4) is 0 Å². The fourth-order valence-corrected chi connectivity index (χ4v) is 1.96. The molecule has 2 aromatic rings. The topological polar surface area (TPSA) is 83.8 Å². The minimum absolute atomic E-state index is 0.199. The molecule has 0 aromatic carbocycles. The summed E-state index contributed by atoms with van der Waals surface area (Å²) in [6.45, 7) is -1.35. The van der Waals surface area contributed by atoms with E-state index in [1.165, 1.54) is 6.26 Å². The number of furan rings is 1. The summed E-state index contributed by atoms with van der Waals surface area (Å²) in [4.78, 5) is 15.3. The van der Waals surface area contributed by atoms with Gasteiger partial charge < -0.3 is 9.73 Å². The summed E-state index contributed by atoms with van der Waals surface area (Å²) in [5, 5.41) is 8.50. The number of H-pyrrole nitrogens is 1. The standard InChI is InChI=1S/C12H11F3N4O2S/c13-12(14,15)7-16-10(20)6-22-11-17-9(18-19-11)4-3-8-2-1-5-21-8/h1-5H,6-7H2,(H,16,20)(H,17,18,19). The van der Waals surface area contributed by atoms with E-state index in [0.29, 0.717) is 11.6 Å². The Kier molecular flexibility index (Phi) is 5.26. The first-order valence-corrected chi connectivity index (χ1v) is 7.01. The number of hydrogen-bond donors (Lipinski definition) is 2. The van der Waals surface area contributed by atoms with Gasteiger partial charge in [-0.3, -0.25) is 9.89 Å². The number of carbonyl (C=O) groups is 1. The Morgan fingerprint density at radius 1 is 1.45 bits per heavy atom. The summed E-state index contributed by atoms with van der Waals surface area (Å²) in [6.07, 6.45) is 0.403. The second-order valence-corrected chi connectivity index (χ2v) is 4.98. The first kappa shape index (κ1) is 16.1. The highest BCUT2D eigenvalue weighted by Crippen LogP contribution is 2.15. The van der Waals surface area contributed by atoms with E-state index in [9.17, 15) is 18.0 Å². The summed E-state index contributed by atoms with van der Waals surface area (Å²) < 4.78 is 40.8. The lowest BCUT2D eigenvalue weighted by molar-refractivity contribution is -0.136. The van der Waals surface area contributed by atoms with Crippen molar-refractivity contribution in [3.8, 4) is 0 Å². The van der Waals surface area contributed by atoms with Gasteiger partial charge in [0.05, 0.1) is 12.0 Å². The number of aromatic amines is 1. The van der Waals surface area contributed by atoms with Gasteiger partial charge in [-0.1, -0.05) is 11.8 Å². The van der Waals surface area contributed by atoms with Gasteiger partial charge in [0.25, 0.3) is 0 Å². The lowest BCUT2D eigenvalue weighted by atomic mass is 10.4. The average molecular weight is 332 g/mol. The normalized spacial score (nSPS) is 12.0. The van der Waals surface area contributed by atoms with E-state index in [1.807, 2.05) is 0 Å². The van der Waals surface area contributed by atoms with Crippen LogP contribution in [0.5, 0.6) is 0 Å². The van der Waals surface area contributed by atoms with Gasteiger partial charge in [-0.05, 0) is 24.3 Å². The highest BCUT2D eigenvalue weighted by atomic mass is 32.2. The molecule has 0 fully saturated rings. The molecule has 0 aliphatic heterocycles. The Bertz CT molecular complexity index is 637. The maximum Gasteiger partial charge on any atom is 0.405 e. The number of nitrogens with one attached hydrogen (secondary N) is 2. The largest absolute Gasteiger partial charge is 0.465 e. The highest BCUT2D eigenvalue weighted by molar-refractivity contribution is 7.99. The van der Waals surface area contributed by atoms with Crippen molar-refractivity contribution >= 4 is 29.8 Å². The predicted octanol–water partition coefficient (Wildman–Crippen LogP) is 2.34. The molecule has 1 amide bonds. The van der Waals surface area contributed by atoms with Crippen LogP contribution < -0.4 is 5.32 Å². The molecule has 118 valence electrons. The molecule has 0 saturated heterocycles. The number of rotatable bonds is 6. The molecule has 0 atom stereocenters. The van der Waals surface area contributed by atoms with Crippen LogP contribution in [-0.4, -0.2) is 39.6 Å². The van der Waals surface area contributed by atoms with Gasteiger partial charge in [0.2, 0.25) is 11.1 Å². The van der Waals surface area contributed by atoms with Crippen molar-refractivity contribution < 1.29 is 22.4 Å². The summed E-state index contributed by atoms with van der Waals surface area (Å²) in [6, 6.07) is 3.49. The molecule has 6 nitrogen and oxygen atoms in total. The number of aromatic nitrogens is 3. The van der Waals surface area contributed by atoms with E-state index in [4.69, 9.17) is 4.42 Å². The predicted molar refractivity (Wildman–Crippen MR) is 73.8 cm³/mol. The molecule has 2 rings (SSSR count). The van der Waals surface area contributed by atoms with Gasteiger partial charge in [0.15, 0.2) is 0 Å². The molecule has 22 heavy (non-hydrogen) atoms. The molecule has 10 heteroatoms. The molecule has 0 radical (unpaired) electrons. The number of nitrogens with zero attached hydrogens (tertiary/aromatic N) is 2. The molecule has 0 aliphatic rings.